The smallest absolute Gasteiger partial charge is 0.00204 e. The number of fused-ring (bicyclic) bond motifs is 4. The molecule has 0 saturated carbocycles. The molecule has 8 aliphatic rings. The van der Waals surface area contributed by atoms with Crippen LogP contribution in [0.5, 0.6) is 0 Å². The summed E-state index contributed by atoms with van der Waals surface area (Å²) >= 11 is 0. The molecule has 0 N–H and O–H groups in total. The van der Waals surface area contributed by atoms with Gasteiger partial charge in [-0.3, -0.25) is 0 Å². The maximum atomic E-state index is 2.56. The zero-order chi connectivity index (χ0) is 33.9. The molecule has 10 aromatic carbocycles. The molecule has 0 aliphatic heterocycles. The van der Waals surface area contributed by atoms with Crippen molar-refractivity contribution in [1.29, 1.82) is 0 Å². The molecule has 0 amide bonds. The molecule has 0 aromatic heterocycles. The first-order valence-corrected chi connectivity index (χ1v) is 19.3. The predicted octanol–water partition coefficient (Wildman–Crippen LogP) is 12.9. The Morgan fingerprint density at radius 3 is 0.981 bits per heavy atom. The first-order valence-electron chi connectivity index (χ1n) is 19.3. The van der Waals surface area contributed by atoms with Crippen molar-refractivity contribution in [3.05, 3.63) is 178 Å². The van der Waals surface area contributed by atoms with E-state index in [-0.39, 0.29) is 0 Å². The number of benzene rings is 10. The van der Waals surface area contributed by atoms with Gasteiger partial charge in [0.2, 0.25) is 0 Å². The van der Waals surface area contributed by atoms with Gasteiger partial charge in [-0.2, -0.15) is 0 Å². The number of rotatable bonds is 1. The Morgan fingerprint density at radius 1 is 0.250 bits per heavy atom. The molecule has 0 saturated heterocycles. The van der Waals surface area contributed by atoms with E-state index in [1.54, 1.807) is 0 Å². The fourth-order valence-electron chi connectivity index (χ4n) is 10.3. The highest BCUT2D eigenvalue weighted by Crippen LogP contribution is 2.48. The highest BCUT2D eigenvalue weighted by atomic mass is 14.3. The molecule has 246 valence electrons. The Balaban J connectivity index is 1.22. The van der Waals surface area contributed by atoms with Gasteiger partial charge in [0.25, 0.3) is 0 Å². The molecule has 0 atom stereocenters. The summed E-state index contributed by atoms with van der Waals surface area (Å²) in [7, 11) is 0. The molecule has 0 heteroatoms. The van der Waals surface area contributed by atoms with Gasteiger partial charge in [-0.25, -0.2) is 0 Å². The highest BCUT2D eigenvalue weighted by molar-refractivity contribution is 6.30. The largest absolute Gasteiger partial charge is 0.0617 e. The van der Waals surface area contributed by atoms with E-state index in [1.165, 1.54) is 120 Å². The van der Waals surface area contributed by atoms with Crippen molar-refractivity contribution in [3.63, 3.8) is 0 Å². The number of hydrogen-bond donors (Lipinski definition) is 0. The molecule has 0 spiro atoms. The average molecular weight is 663 g/mol. The summed E-state index contributed by atoms with van der Waals surface area (Å²) in [6.45, 7) is 0. The maximum absolute atomic E-state index is 2.56. The van der Waals surface area contributed by atoms with Gasteiger partial charge in [0.1, 0.15) is 0 Å². The van der Waals surface area contributed by atoms with E-state index >= 15 is 0 Å². The molecule has 0 nitrogen and oxygen atoms in total. The van der Waals surface area contributed by atoms with E-state index in [4.69, 9.17) is 0 Å². The summed E-state index contributed by atoms with van der Waals surface area (Å²) in [4.78, 5) is 0. The van der Waals surface area contributed by atoms with Gasteiger partial charge in [-0.05, 0) is 172 Å². The zero-order valence-electron chi connectivity index (χ0n) is 29.4. The molecule has 0 fully saturated rings. The summed E-state index contributed by atoms with van der Waals surface area (Å²) in [6, 6.07) is 53.2. The van der Waals surface area contributed by atoms with Gasteiger partial charge in [0.15, 0.2) is 0 Å². The van der Waals surface area contributed by atoms with Crippen LogP contribution in [0.3, 0.4) is 0 Å². The first-order chi connectivity index (χ1) is 25.7. The quantitative estimate of drug-likeness (QED) is 0.153. The van der Waals surface area contributed by atoms with Crippen LogP contribution in [0.15, 0.2) is 133 Å². The third kappa shape index (κ3) is 4.34. The van der Waals surface area contributed by atoms with Gasteiger partial charge in [0.05, 0.1) is 0 Å². The summed E-state index contributed by atoms with van der Waals surface area (Å²) in [5.41, 5.74) is 14.4. The van der Waals surface area contributed by atoms with Gasteiger partial charge >= 0.3 is 0 Å². The van der Waals surface area contributed by atoms with Crippen molar-refractivity contribution in [2.24, 2.45) is 0 Å². The minimum atomic E-state index is 1.01. The van der Waals surface area contributed by atoms with Crippen molar-refractivity contribution < 1.29 is 0 Å². The highest BCUT2D eigenvalue weighted by Gasteiger charge is 2.23. The van der Waals surface area contributed by atoms with Crippen LogP contribution in [0, 0.1) is 0 Å². The van der Waals surface area contributed by atoms with Crippen molar-refractivity contribution in [2.45, 2.75) is 51.4 Å². The Morgan fingerprint density at radius 2 is 0.577 bits per heavy atom. The van der Waals surface area contributed by atoms with Gasteiger partial charge in [-0.15, -0.1) is 0 Å². The molecule has 52 heavy (non-hydrogen) atoms. The summed E-state index contributed by atoms with van der Waals surface area (Å²) in [6.07, 6.45) is 8.34. The summed E-state index contributed by atoms with van der Waals surface area (Å²) < 4.78 is 0. The van der Waals surface area contributed by atoms with E-state index in [1.807, 2.05) is 0 Å². The van der Waals surface area contributed by atoms with Gasteiger partial charge in [-0.1, -0.05) is 133 Å². The van der Waals surface area contributed by atoms with Crippen LogP contribution in [0.25, 0.3) is 75.8 Å². The SMILES string of the molecule is c1cc2cc(c1)CCc1cc3ccc4cc(cc5ccc(c1-c1c6cc7ccc8cc(cc9ccc1c7c89)CCc1cccc(c1)CC6)c3c45)CC2. The molecule has 0 unspecified atom stereocenters. The van der Waals surface area contributed by atoms with E-state index in [0.717, 1.165) is 51.4 Å². The van der Waals surface area contributed by atoms with Gasteiger partial charge < -0.3 is 0 Å². The predicted molar refractivity (Wildman–Crippen MR) is 222 cm³/mol. The molecule has 0 radical (unpaired) electrons. The minimum absolute atomic E-state index is 1.01. The number of aryl methyl sites for hydroxylation is 8. The van der Waals surface area contributed by atoms with E-state index in [2.05, 4.69) is 133 Å². The maximum Gasteiger partial charge on any atom is -0.00204 e. The van der Waals surface area contributed by atoms with Crippen molar-refractivity contribution in [1.82, 2.24) is 0 Å². The Kier molecular flexibility index (Phi) is 6.06. The topological polar surface area (TPSA) is 0 Å². The lowest BCUT2D eigenvalue weighted by Crippen LogP contribution is -2.02. The Hall–Kier alpha value is -5.72. The fraction of sp³-hybridized carbons (Fsp3) is 0.154. The van der Waals surface area contributed by atoms with E-state index in [9.17, 15) is 0 Å². The second kappa shape index (κ2) is 10.9. The van der Waals surface area contributed by atoms with Crippen LogP contribution >= 0.6 is 0 Å². The van der Waals surface area contributed by atoms with Crippen LogP contribution in [-0.4, -0.2) is 0 Å². The lowest BCUT2D eigenvalue weighted by Gasteiger charge is -2.24. The average Bonchev–Trinajstić information content (AvgIpc) is 3.19. The van der Waals surface area contributed by atoms with Crippen molar-refractivity contribution in [2.75, 3.05) is 0 Å². The first kappa shape index (κ1) is 28.9. The van der Waals surface area contributed by atoms with Crippen molar-refractivity contribution >= 4 is 64.6 Å². The van der Waals surface area contributed by atoms with E-state index < -0.39 is 0 Å². The molecular formula is C52H38. The van der Waals surface area contributed by atoms with Crippen LogP contribution in [0.4, 0.5) is 0 Å². The lowest BCUT2D eigenvalue weighted by molar-refractivity contribution is 0.930. The fourth-order valence-corrected chi connectivity index (χ4v) is 10.3. The Bertz CT molecular complexity index is 2820. The molecular weight excluding hydrogens is 625 g/mol. The third-order valence-electron chi connectivity index (χ3n) is 12.7. The zero-order valence-corrected chi connectivity index (χ0v) is 29.4. The monoisotopic (exact) mass is 662 g/mol. The third-order valence-corrected chi connectivity index (χ3v) is 12.7. The molecule has 18 rings (SSSR count). The van der Waals surface area contributed by atoms with Crippen LogP contribution in [0.1, 0.15) is 44.5 Å². The van der Waals surface area contributed by atoms with Crippen LogP contribution in [0.2, 0.25) is 0 Å². The normalized spacial score (nSPS) is 14.7. The second-order valence-corrected chi connectivity index (χ2v) is 15.8. The van der Waals surface area contributed by atoms with Crippen LogP contribution in [-0.2, 0) is 51.4 Å². The van der Waals surface area contributed by atoms with E-state index in [0.29, 0.717) is 0 Å². The minimum Gasteiger partial charge on any atom is -0.0617 e. The van der Waals surface area contributed by atoms with Crippen LogP contribution < -0.4 is 0 Å². The second-order valence-electron chi connectivity index (χ2n) is 15.8. The molecule has 8 aliphatic carbocycles. The Labute approximate surface area is 304 Å². The summed E-state index contributed by atoms with van der Waals surface area (Å²) in [5.74, 6) is 0. The number of hydrogen-bond acceptors (Lipinski definition) is 0. The van der Waals surface area contributed by atoms with Crippen molar-refractivity contribution in [3.8, 4) is 11.1 Å². The standard InChI is InChI=1S/C52H38/c1-3-31-7-9-35-25-37-15-17-43-29-41(13-11-33(5-1)23-31)51(45-21-19-39(27-35)47(37)49(43)45)52-42-14-12-34-6-2-4-32(24-34)8-10-36-26-38-16-18-44(30-42)50-46(52)22-20-40(28-36)48(38)50/h1-6,15-30H,7-14H2. The van der Waals surface area contributed by atoms with Gasteiger partial charge in [0, 0.05) is 0 Å². The molecule has 0 heterocycles. The summed E-state index contributed by atoms with van der Waals surface area (Å²) in [5, 5.41) is 16.7. The molecule has 10 aromatic rings. The molecule has 20 bridgehead atoms. The lowest BCUT2D eigenvalue weighted by atomic mass is 9.80.